The van der Waals surface area contributed by atoms with Gasteiger partial charge in [-0.1, -0.05) is 26.2 Å². The van der Waals surface area contributed by atoms with Crippen molar-refractivity contribution in [1.29, 1.82) is 0 Å². The van der Waals surface area contributed by atoms with Crippen LogP contribution in [0.2, 0.25) is 0 Å². The Hall–Kier alpha value is -0.170. The first kappa shape index (κ1) is 18.9. The van der Waals surface area contributed by atoms with E-state index >= 15 is 0 Å². The molecule has 1 aliphatic carbocycles. The van der Waals surface area contributed by atoms with Crippen LogP contribution in [0.25, 0.3) is 0 Å². The standard InChI is InChI=1S/C15H32N2O3S/c1-3-20-15(13-9-6-5-7-10-13)14(17-16)11-8-12-21(18,19)4-2/h13-15,17H,3-12,16H2,1-2H3. The van der Waals surface area contributed by atoms with Crippen LogP contribution in [-0.2, 0) is 14.6 Å². The van der Waals surface area contributed by atoms with Crippen molar-refractivity contribution in [2.24, 2.45) is 11.8 Å². The lowest BCUT2D eigenvalue weighted by atomic mass is 9.81. The van der Waals surface area contributed by atoms with Gasteiger partial charge in [-0.15, -0.1) is 0 Å². The maximum absolute atomic E-state index is 11.6. The third-order valence-corrected chi connectivity index (χ3v) is 6.28. The second-order valence-corrected chi connectivity index (χ2v) is 8.44. The van der Waals surface area contributed by atoms with Gasteiger partial charge >= 0.3 is 0 Å². The molecule has 0 amide bonds. The molecule has 2 atom stereocenters. The molecule has 0 aromatic carbocycles. The van der Waals surface area contributed by atoms with Crippen LogP contribution in [0.1, 0.15) is 58.8 Å². The zero-order valence-corrected chi connectivity index (χ0v) is 14.3. The monoisotopic (exact) mass is 320 g/mol. The Morgan fingerprint density at radius 2 is 1.90 bits per heavy atom. The maximum Gasteiger partial charge on any atom is 0.150 e. The summed E-state index contributed by atoms with van der Waals surface area (Å²) in [4.78, 5) is 0. The van der Waals surface area contributed by atoms with Crippen molar-refractivity contribution in [1.82, 2.24) is 5.43 Å². The van der Waals surface area contributed by atoms with Crippen molar-refractivity contribution in [3.05, 3.63) is 0 Å². The van der Waals surface area contributed by atoms with E-state index in [0.717, 1.165) is 6.42 Å². The van der Waals surface area contributed by atoms with Crippen LogP contribution < -0.4 is 11.3 Å². The molecule has 0 bridgehead atoms. The third kappa shape index (κ3) is 6.63. The first-order valence-corrected chi connectivity index (χ1v) is 10.1. The van der Waals surface area contributed by atoms with Crippen molar-refractivity contribution < 1.29 is 13.2 Å². The highest BCUT2D eigenvalue weighted by molar-refractivity contribution is 7.91. The summed E-state index contributed by atoms with van der Waals surface area (Å²) in [6, 6.07) is 0.0418. The molecule has 0 aliphatic heterocycles. The fraction of sp³-hybridized carbons (Fsp3) is 1.00. The molecule has 5 nitrogen and oxygen atoms in total. The number of hydrogen-bond acceptors (Lipinski definition) is 5. The molecule has 6 heteroatoms. The van der Waals surface area contributed by atoms with Crippen molar-refractivity contribution in [2.45, 2.75) is 70.9 Å². The molecule has 0 radical (unpaired) electrons. The van der Waals surface area contributed by atoms with Gasteiger partial charge in [-0.2, -0.15) is 0 Å². The lowest BCUT2D eigenvalue weighted by molar-refractivity contribution is -0.0195. The van der Waals surface area contributed by atoms with Crippen LogP contribution >= 0.6 is 0 Å². The molecule has 126 valence electrons. The van der Waals surface area contributed by atoms with E-state index in [-0.39, 0.29) is 23.7 Å². The highest BCUT2D eigenvalue weighted by Crippen LogP contribution is 2.30. The molecular formula is C15H32N2O3S. The highest BCUT2D eigenvalue weighted by Gasteiger charge is 2.30. The average Bonchev–Trinajstić information content (AvgIpc) is 2.50. The number of hydrogen-bond donors (Lipinski definition) is 2. The van der Waals surface area contributed by atoms with E-state index in [1.165, 1.54) is 32.1 Å². The molecule has 0 saturated heterocycles. The van der Waals surface area contributed by atoms with Gasteiger partial charge in [-0.25, -0.2) is 8.42 Å². The first-order chi connectivity index (χ1) is 10.0. The summed E-state index contributed by atoms with van der Waals surface area (Å²) < 4.78 is 29.1. The quantitative estimate of drug-likeness (QED) is 0.475. The minimum absolute atomic E-state index is 0.0418. The van der Waals surface area contributed by atoms with Gasteiger partial charge in [-0.3, -0.25) is 11.3 Å². The predicted octanol–water partition coefficient (Wildman–Crippen LogP) is 2.02. The van der Waals surface area contributed by atoms with Crippen LogP contribution in [0.4, 0.5) is 0 Å². The Kier molecular flexibility index (Phi) is 8.78. The largest absolute Gasteiger partial charge is 0.377 e. The van der Waals surface area contributed by atoms with Gasteiger partial charge in [0.15, 0.2) is 0 Å². The van der Waals surface area contributed by atoms with E-state index in [1.54, 1.807) is 6.92 Å². The summed E-state index contributed by atoms with van der Waals surface area (Å²) in [6.07, 6.45) is 7.70. The number of rotatable bonds is 10. The van der Waals surface area contributed by atoms with Gasteiger partial charge < -0.3 is 4.74 Å². The van der Waals surface area contributed by atoms with Crippen LogP contribution in [0.15, 0.2) is 0 Å². The van der Waals surface area contributed by atoms with Gasteiger partial charge in [0.25, 0.3) is 0 Å². The molecule has 1 fully saturated rings. The van der Waals surface area contributed by atoms with E-state index in [9.17, 15) is 8.42 Å². The van der Waals surface area contributed by atoms with Gasteiger partial charge in [-0.05, 0) is 38.5 Å². The Labute approximate surface area is 129 Å². The normalized spacial score (nSPS) is 20.3. The summed E-state index contributed by atoms with van der Waals surface area (Å²) in [6.45, 7) is 4.37. The van der Waals surface area contributed by atoms with Gasteiger partial charge in [0.05, 0.1) is 11.9 Å². The number of ether oxygens (including phenoxy) is 1. The fourth-order valence-electron chi connectivity index (χ4n) is 3.25. The van der Waals surface area contributed by atoms with Crippen LogP contribution in [-0.4, -0.2) is 38.7 Å². The van der Waals surface area contributed by atoms with Crippen molar-refractivity contribution in [3.8, 4) is 0 Å². The topological polar surface area (TPSA) is 81.4 Å². The molecule has 0 aromatic rings. The van der Waals surface area contributed by atoms with Crippen LogP contribution in [0, 0.1) is 5.92 Å². The first-order valence-electron chi connectivity index (χ1n) is 8.32. The lowest BCUT2D eigenvalue weighted by Crippen LogP contribution is -2.49. The van der Waals surface area contributed by atoms with E-state index in [4.69, 9.17) is 10.6 Å². The van der Waals surface area contributed by atoms with Gasteiger partial charge in [0.1, 0.15) is 9.84 Å². The number of nitrogens with one attached hydrogen (secondary N) is 1. The minimum atomic E-state index is -2.90. The van der Waals surface area contributed by atoms with E-state index in [1.807, 2.05) is 6.92 Å². The van der Waals surface area contributed by atoms with E-state index in [0.29, 0.717) is 18.9 Å². The lowest BCUT2D eigenvalue weighted by Gasteiger charge is -2.35. The Morgan fingerprint density at radius 3 is 2.43 bits per heavy atom. The highest BCUT2D eigenvalue weighted by atomic mass is 32.2. The molecule has 1 aliphatic rings. The third-order valence-electron chi connectivity index (χ3n) is 4.49. The van der Waals surface area contributed by atoms with E-state index in [2.05, 4.69) is 5.43 Å². The maximum atomic E-state index is 11.6. The average molecular weight is 320 g/mol. The molecule has 0 aromatic heterocycles. The molecule has 21 heavy (non-hydrogen) atoms. The zero-order valence-electron chi connectivity index (χ0n) is 13.5. The SMILES string of the molecule is CCOC(C1CCCCC1)C(CCCS(=O)(=O)CC)NN. The number of nitrogens with two attached hydrogens (primary N) is 1. The number of sulfone groups is 1. The Morgan fingerprint density at radius 1 is 1.24 bits per heavy atom. The molecule has 0 spiro atoms. The van der Waals surface area contributed by atoms with Crippen molar-refractivity contribution >= 4 is 9.84 Å². The molecule has 3 N–H and O–H groups in total. The minimum Gasteiger partial charge on any atom is -0.377 e. The van der Waals surface area contributed by atoms with Crippen LogP contribution in [0.5, 0.6) is 0 Å². The molecule has 1 saturated carbocycles. The van der Waals surface area contributed by atoms with Gasteiger partial charge in [0.2, 0.25) is 0 Å². The smallest absolute Gasteiger partial charge is 0.150 e. The zero-order chi connectivity index (χ0) is 15.7. The summed E-state index contributed by atoms with van der Waals surface area (Å²) in [7, 11) is -2.90. The molecule has 0 heterocycles. The summed E-state index contributed by atoms with van der Waals surface area (Å²) in [5.41, 5.74) is 2.87. The Bertz CT molecular complexity index is 367. The molecular weight excluding hydrogens is 288 g/mol. The van der Waals surface area contributed by atoms with Crippen molar-refractivity contribution in [2.75, 3.05) is 18.1 Å². The van der Waals surface area contributed by atoms with Gasteiger partial charge in [0, 0.05) is 18.4 Å². The fourth-order valence-corrected chi connectivity index (χ4v) is 4.14. The number of hydrazine groups is 1. The predicted molar refractivity (Wildman–Crippen MR) is 86.7 cm³/mol. The molecule has 2 unspecified atom stereocenters. The summed E-state index contributed by atoms with van der Waals surface area (Å²) in [5.74, 6) is 6.71. The Balaban J connectivity index is 2.55. The van der Waals surface area contributed by atoms with Crippen LogP contribution in [0.3, 0.4) is 0 Å². The second-order valence-electron chi connectivity index (χ2n) is 5.97. The summed E-state index contributed by atoms with van der Waals surface area (Å²) in [5, 5.41) is 0. The summed E-state index contributed by atoms with van der Waals surface area (Å²) >= 11 is 0. The van der Waals surface area contributed by atoms with E-state index < -0.39 is 9.84 Å². The molecule has 1 rings (SSSR count). The van der Waals surface area contributed by atoms with Crippen molar-refractivity contribution in [3.63, 3.8) is 0 Å². The second kappa shape index (κ2) is 9.77.